The Labute approximate surface area is 207 Å². The molecule has 2 heterocycles. The van der Waals surface area contributed by atoms with E-state index in [0.29, 0.717) is 0 Å². The van der Waals surface area contributed by atoms with E-state index in [1.165, 1.54) is 36.1 Å². The van der Waals surface area contributed by atoms with Crippen LogP contribution in [0.15, 0.2) is 41.6 Å². The number of hydrogen-bond donors (Lipinski definition) is 1. The van der Waals surface area contributed by atoms with Crippen LogP contribution < -0.4 is 0 Å². The van der Waals surface area contributed by atoms with E-state index in [4.69, 9.17) is 33.1 Å². The zero-order valence-corrected chi connectivity index (χ0v) is 19.7. The second-order valence-electron chi connectivity index (χ2n) is 8.71. The van der Waals surface area contributed by atoms with E-state index in [2.05, 4.69) is 5.16 Å². The van der Waals surface area contributed by atoms with Crippen molar-refractivity contribution in [2.45, 2.75) is 30.8 Å². The van der Waals surface area contributed by atoms with Gasteiger partial charge >= 0.3 is 6.18 Å². The molecule has 0 bridgehead atoms. The summed E-state index contributed by atoms with van der Waals surface area (Å²) in [5, 5.41) is 11.5. The molecule has 4 rings (SSSR count). The molecule has 1 saturated heterocycles. The summed E-state index contributed by atoms with van der Waals surface area (Å²) in [6.45, 7) is 0.809. The molecule has 2 aromatic carbocycles. The summed E-state index contributed by atoms with van der Waals surface area (Å²) in [5.74, 6) is -2.05. The normalized spacial score (nSPS) is 22.3. The third kappa shape index (κ3) is 4.36. The van der Waals surface area contributed by atoms with Crippen LogP contribution >= 0.6 is 23.2 Å². The summed E-state index contributed by atoms with van der Waals surface area (Å²) < 4.78 is 71.4. The number of hydrogen-bond acceptors (Lipinski definition) is 4. The molecular weight excluding hydrogens is 518 g/mol. The van der Waals surface area contributed by atoms with Crippen LogP contribution in [0.4, 0.5) is 22.0 Å². The minimum atomic E-state index is -4.95. The predicted octanol–water partition coefficient (Wildman–Crippen LogP) is 5.35. The maximum Gasteiger partial charge on any atom is 0.435 e. The van der Waals surface area contributed by atoms with Gasteiger partial charge in [-0.05, 0) is 23.3 Å². The minimum Gasteiger partial charge on any atom is -0.396 e. The van der Waals surface area contributed by atoms with Crippen LogP contribution in [0, 0.1) is 11.7 Å². The Hall–Kier alpha value is -2.43. The fourth-order valence-electron chi connectivity index (χ4n) is 4.10. The average Bonchev–Trinajstić information content (AvgIpc) is 3.26. The van der Waals surface area contributed by atoms with Crippen LogP contribution in [-0.4, -0.2) is 47.5 Å². The number of carbonyl (C=O) groups excluding carboxylic acids is 1. The molecule has 188 valence electrons. The van der Waals surface area contributed by atoms with Gasteiger partial charge in [0.15, 0.2) is 11.5 Å². The topological polar surface area (TPSA) is 62.1 Å². The molecule has 1 N–H and O–H groups in total. The molecule has 12 heteroatoms. The van der Waals surface area contributed by atoms with Crippen molar-refractivity contribution in [3.05, 3.63) is 69.0 Å². The Morgan fingerprint density at radius 3 is 2.26 bits per heavy atom. The molecule has 0 spiro atoms. The van der Waals surface area contributed by atoms with Crippen molar-refractivity contribution in [1.82, 2.24) is 4.90 Å². The van der Waals surface area contributed by atoms with Crippen LogP contribution in [-0.2, 0) is 20.9 Å². The highest BCUT2D eigenvalue weighted by molar-refractivity contribution is 6.35. The minimum absolute atomic E-state index is 0.0551. The maximum atomic E-state index is 15.2. The molecule has 0 saturated carbocycles. The number of alkyl halides is 4. The van der Waals surface area contributed by atoms with Crippen LogP contribution in [0.3, 0.4) is 0 Å². The number of halogens is 7. The van der Waals surface area contributed by atoms with Gasteiger partial charge in [0.05, 0.1) is 41.4 Å². The first-order valence-electron chi connectivity index (χ1n) is 10.5. The van der Waals surface area contributed by atoms with E-state index in [0.717, 1.165) is 12.1 Å². The molecule has 35 heavy (non-hydrogen) atoms. The molecule has 2 aromatic rings. The van der Waals surface area contributed by atoms with Gasteiger partial charge in [0.25, 0.3) is 5.60 Å². The molecule has 0 radical (unpaired) electrons. The van der Waals surface area contributed by atoms with E-state index < -0.39 is 51.2 Å². The van der Waals surface area contributed by atoms with Gasteiger partial charge in [0, 0.05) is 12.0 Å². The first-order valence-corrected chi connectivity index (χ1v) is 11.2. The summed E-state index contributed by atoms with van der Waals surface area (Å²) in [6, 6.07) is 7.24. The fraction of sp³-hybridized carbons (Fsp3) is 0.391. The van der Waals surface area contributed by atoms with Crippen molar-refractivity contribution in [3.63, 3.8) is 0 Å². The van der Waals surface area contributed by atoms with Crippen molar-refractivity contribution in [1.29, 1.82) is 0 Å². The van der Waals surface area contributed by atoms with Crippen LogP contribution in [0.5, 0.6) is 0 Å². The number of nitrogens with zero attached hydrogens (tertiary/aromatic N) is 2. The number of amides is 1. The lowest BCUT2D eigenvalue weighted by atomic mass is 9.84. The van der Waals surface area contributed by atoms with Gasteiger partial charge < -0.3 is 14.8 Å². The summed E-state index contributed by atoms with van der Waals surface area (Å²) in [7, 11) is 0. The summed E-state index contributed by atoms with van der Waals surface area (Å²) in [6.07, 6.45) is -5.68. The van der Waals surface area contributed by atoms with Gasteiger partial charge in [0.2, 0.25) is 5.91 Å². The largest absolute Gasteiger partial charge is 0.435 e. The summed E-state index contributed by atoms with van der Waals surface area (Å²) >= 11 is 11.4. The van der Waals surface area contributed by atoms with E-state index in [-0.39, 0.29) is 42.4 Å². The van der Waals surface area contributed by atoms with Gasteiger partial charge in [-0.2, -0.15) is 13.2 Å². The predicted molar refractivity (Wildman–Crippen MR) is 118 cm³/mol. The third-order valence-electron chi connectivity index (χ3n) is 6.26. The highest BCUT2D eigenvalue weighted by Crippen LogP contribution is 2.50. The Bertz CT molecular complexity index is 1160. The van der Waals surface area contributed by atoms with Crippen LogP contribution in [0.2, 0.25) is 10.0 Å². The number of aliphatic hydroxyl groups is 1. The number of carbonyl (C=O) groups is 1. The Kier molecular flexibility index (Phi) is 6.53. The summed E-state index contributed by atoms with van der Waals surface area (Å²) in [5.41, 5.74) is -4.78. The quantitative estimate of drug-likeness (QED) is 0.414. The molecule has 1 amide bonds. The molecular formula is C23H19Cl2F5N2O3. The Morgan fingerprint density at radius 2 is 1.74 bits per heavy atom. The van der Waals surface area contributed by atoms with Gasteiger partial charge in [0.1, 0.15) is 0 Å². The fourth-order valence-corrected chi connectivity index (χ4v) is 4.58. The van der Waals surface area contributed by atoms with Crippen molar-refractivity contribution in [3.8, 4) is 0 Å². The average molecular weight is 537 g/mol. The van der Waals surface area contributed by atoms with E-state index in [1.807, 2.05) is 0 Å². The lowest BCUT2D eigenvalue weighted by Gasteiger charge is -2.45. The van der Waals surface area contributed by atoms with E-state index in [9.17, 15) is 22.4 Å². The summed E-state index contributed by atoms with van der Waals surface area (Å²) in [4.78, 5) is 18.3. The van der Waals surface area contributed by atoms with E-state index >= 15 is 4.39 Å². The Balaban J connectivity index is 1.54. The van der Waals surface area contributed by atoms with Crippen molar-refractivity contribution < 1.29 is 36.7 Å². The lowest BCUT2D eigenvalue weighted by Crippen LogP contribution is -2.60. The van der Waals surface area contributed by atoms with Crippen molar-refractivity contribution >= 4 is 34.8 Å². The molecule has 2 aliphatic heterocycles. The first kappa shape index (κ1) is 25.7. The van der Waals surface area contributed by atoms with Gasteiger partial charge in [-0.25, -0.2) is 8.78 Å². The zero-order chi connectivity index (χ0) is 25.8. The highest BCUT2D eigenvalue weighted by atomic mass is 35.5. The SMILES string of the molecule is CC(CO)C(=O)N1CC(F)(c2ccc(C3=NOC(c4cc(Cl)c(F)c(Cl)c4)(C(F)(F)F)C3)cc2)C1. The number of likely N-dealkylation sites (tertiary alicyclic amines) is 1. The van der Waals surface area contributed by atoms with E-state index in [1.54, 1.807) is 0 Å². The van der Waals surface area contributed by atoms with Gasteiger partial charge in [-0.15, -0.1) is 0 Å². The molecule has 0 aromatic heterocycles. The highest BCUT2D eigenvalue weighted by Gasteiger charge is 2.62. The maximum absolute atomic E-state index is 15.2. The van der Waals surface area contributed by atoms with Crippen LogP contribution in [0.25, 0.3) is 0 Å². The molecule has 2 unspecified atom stereocenters. The third-order valence-corrected chi connectivity index (χ3v) is 6.81. The molecule has 1 fully saturated rings. The van der Waals surface area contributed by atoms with Crippen molar-refractivity contribution in [2.75, 3.05) is 19.7 Å². The standard InChI is InChI=1S/C23H19Cl2F5N2O3/c1-12(9-33)20(34)32-10-21(27,11-32)14-4-2-13(3-5-14)18-8-22(35-31-18,23(28,29)30)15-6-16(24)19(26)17(25)7-15/h2-7,12,33H,8-11H2,1H3. The van der Waals surface area contributed by atoms with Gasteiger partial charge in [-0.3, -0.25) is 4.79 Å². The molecule has 0 aliphatic carbocycles. The smallest absolute Gasteiger partial charge is 0.396 e. The Morgan fingerprint density at radius 1 is 1.17 bits per heavy atom. The van der Waals surface area contributed by atoms with Crippen molar-refractivity contribution in [2.24, 2.45) is 11.1 Å². The second-order valence-corrected chi connectivity index (χ2v) is 9.52. The number of benzene rings is 2. The number of aliphatic hydroxyl groups excluding tert-OH is 1. The monoisotopic (exact) mass is 536 g/mol. The van der Waals surface area contributed by atoms with Gasteiger partial charge in [-0.1, -0.05) is 59.5 Å². The number of oxime groups is 1. The second kappa shape index (κ2) is 8.90. The number of rotatable bonds is 5. The molecule has 5 nitrogen and oxygen atoms in total. The zero-order valence-electron chi connectivity index (χ0n) is 18.2. The lowest BCUT2D eigenvalue weighted by molar-refractivity contribution is -0.275. The molecule has 2 aliphatic rings. The first-order chi connectivity index (χ1) is 16.3. The van der Waals surface area contributed by atoms with Crippen LogP contribution in [0.1, 0.15) is 30.0 Å². The molecule has 2 atom stereocenters.